The molecule has 112 valence electrons. The smallest absolute Gasteiger partial charge is 0.335 e. The van der Waals surface area contributed by atoms with E-state index in [0.29, 0.717) is 12.1 Å². The summed E-state index contributed by atoms with van der Waals surface area (Å²) in [4.78, 5) is 15.5. The molecule has 0 amide bonds. The van der Waals surface area contributed by atoms with Gasteiger partial charge in [-0.2, -0.15) is 0 Å². The van der Waals surface area contributed by atoms with E-state index in [2.05, 4.69) is 9.55 Å². The predicted molar refractivity (Wildman–Crippen MR) is 86.7 cm³/mol. The zero-order chi connectivity index (χ0) is 15.9. The average Bonchev–Trinajstić information content (AvgIpc) is 2.78. The van der Waals surface area contributed by atoms with Crippen LogP contribution in [0.4, 0.5) is 0 Å². The first-order valence-corrected chi connectivity index (χ1v) is 7.28. The lowest BCUT2D eigenvalue weighted by Gasteiger charge is -2.08. The minimum absolute atomic E-state index is 0.246. The Morgan fingerprint density at radius 2 is 2.00 bits per heavy atom. The lowest BCUT2D eigenvalue weighted by Crippen LogP contribution is -2.02. The summed E-state index contributed by atoms with van der Waals surface area (Å²) in [7, 11) is 0. The maximum atomic E-state index is 11.0. The van der Waals surface area contributed by atoms with Crippen molar-refractivity contribution in [3.05, 3.63) is 63.9 Å². The summed E-state index contributed by atoms with van der Waals surface area (Å²) in [6.07, 6.45) is 0. The van der Waals surface area contributed by atoms with Crippen LogP contribution in [0.2, 0.25) is 5.02 Å². The maximum Gasteiger partial charge on any atom is 0.335 e. The van der Waals surface area contributed by atoms with Crippen molar-refractivity contribution in [2.75, 3.05) is 0 Å². The van der Waals surface area contributed by atoms with Gasteiger partial charge >= 0.3 is 5.97 Å². The van der Waals surface area contributed by atoms with Gasteiger partial charge in [0.05, 0.1) is 16.6 Å². The highest BCUT2D eigenvalue weighted by Gasteiger charge is 2.11. The molecule has 0 spiro atoms. The molecule has 5 heteroatoms. The largest absolute Gasteiger partial charge is 0.478 e. The van der Waals surface area contributed by atoms with Gasteiger partial charge in [0, 0.05) is 11.6 Å². The maximum absolute atomic E-state index is 11.0. The van der Waals surface area contributed by atoms with E-state index in [4.69, 9.17) is 16.7 Å². The Morgan fingerprint density at radius 3 is 2.68 bits per heavy atom. The van der Waals surface area contributed by atoms with Gasteiger partial charge in [-0.05, 0) is 49.2 Å². The molecule has 1 heterocycles. The van der Waals surface area contributed by atoms with E-state index in [1.54, 1.807) is 18.2 Å². The van der Waals surface area contributed by atoms with E-state index in [-0.39, 0.29) is 5.56 Å². The zero-order valence-electron chi connectivity index (χ0n) is 12.3. The first-order chi connectivity index (χ1) is 10.5. The van der Waals surface area contributed by atoms with Gasteiger partial charge < -0.3 is 9.67 Å². The van der Waals surface area contributed by atoms with Crippen molar-refractivity contribution in [2.24, 2.45) is 0 Å². The number of imidazole rings is 1. The lowest BCUT2D eigenvalue weighted by atomic mass is 10.1. The Balaban J connectivity index is 2.04. The van der Waals surface area contributed by atoms with Gasteiger partial charge in [-0.15, -0.1) is 0 Å². The minimum atomic E-state index is -0.945. The average molecular weight is 315 g/mol. The van der Waals surface area contributed by atoms with Gasteiger partial charge in [0.15, 0.2) is 0 Å². The van der Waals surface area contributed by atoms with Crippen LogP contribution in [0.3, 0.4) is 0 Å². The number of fused-ring (bicyclic) bond motifs is 1. The molecule has 2 aromatic carbocycles. The Labute approximate surface area is 133 Å². The molecule has 0 radical (unpaired) electrons. The summed E-state index contributed by atoms with van der Waals surface area (Å²) in [5.74, 6) is -0.103. The Bertz CT molecular complexity index is 884. The van der Waals surface area contributed by atoms with Crippen molar-refractivity contribution < 1.29 is 9.90 Å². The number of carboxylic acid groups (broad SMARTS) is 1. The van der Waals surface area contributed by atoms with E-state index in [1.807, 2.05) is 32.0 Å². The lowest BCUT2D eigenvalue weighted by molar-refractivity contribution is 0.0697. The van der Waals surface area contributed by atoms with Gasteiger partial charge in [-0.25, -0.2) is 9.78 Å². The van der Waals surface area contributed by atoms with Gasteiger partial charge in [0.25, 0.3) is 0 Å². The van der Waals surface area contributed by atoms with E-state index in [1.165, 1.54) is 0 Å². The summed E-state index contributed by atoms with van der Waals surface area (Å²) < 4.78 is 2.06. The Morgan fingerprint density at radius 1 is 1.23 bits per heavy atom. The topological polar surface area (TPSA) is 55.1 Å². The Hall–Kier alpha value is -2.33. The summed E-state index contributed by atoms with van der Waals surface area (Å²) in [5.41, 5.74) is 3.98. The molecule has 3 rings (SSSR count). The SMILES string of the molecule is Cc1ccc(Cn2c(C)nc3cc(C(=O)O)ccc32)cc1Cl. The predicted octanol–water partition coefficient (Wildman–Crippen LogP) is 4.05. The minimum Gasteiger partial charge on any atom is -0.478 e. The van der Waals surface area contributed by atoms with Gasteiger partial charge in [-0.3, -0.25) is 0 Å². The Kier molecular flexibility index (Phi) is 3.62. The molecule has 3 aromatic rings. The third kappa shape index (κ3) is 2.57. The molecule has 0 saturated carbocycles. The number of halogens is 1. The number of carboxylic acids is 1. The van der Waals surface area contributed by atoms with E-state index in [9.17, 15) is 4.79 Å². The molecule has 22 heavy (non-hydrogen) atoms. The van der Waals surface area contributed by atoms with E-state index < -0.39 is 5.97 Å². The second-order valence-electron chi connectivity index (χ2n) is 5.34. The van der Waals surface area contributed by atoms with Crippen LogP contribution in [0.5, 0.6) is 0 Å². The highest BCUT2D eigenvalue weighted by Crippen LogP contribution is 2.22. The van der Waals surface area contributed by atoms with Crippen LogP contribution in [0.15, 0.2) is 36.4 Å². The number of aryl methyl sites for hydroxylation is 2. The van der Waals surface area contributed by atoms with Gasteiger partial charge in [0.2, 0.25) is 0 Å². The molecule has 4 nitrogen and oxygen atoms in total. The van der Waals surface area contributed by atoms with Crippen molar-refractivity contribution in [1.82, 2.24) is 9.55 Å². The third-order valence-corrected chi connectivity index (χ3v) is 4.17. The molecule has 0 aliphatic carbocycles. The molecule has 0 bridgehead atoms. The monoisotopic (exact) mass is 314 g/mol. The molecule has 1 N–H and O–H groups in total. The van der Waals surface area contributed by atoms with Crippen molar-refractivity contribution in [3.63, 3.8) is 0 Å². The summed E-state index contributed by atoms with van der Waals surface area (Å²) in [6, 6.07) is 11.0. The number of aromatic nitrogens is 2. The molecular formula is C17H15ClN2O2. The van der Waals surface area contributed by atoms with Gasteiger partial charge in [-0.1, -0.05) is 23.7 Å². The van der Waals surface area contributed by atoms with Crippen LogP contribution >= 0.6 is 11.6 Å². The molecule has 0 unspecified atom stereocenters. The number of hydrogen-bond acceptors (Lipinski definition) is 2. The zero-order valence-corrected chi connectivity index (χ0v) is 13.1. The van der Waals surface area contributed by atoms with E-state index in [0.717, 1.165) is 27.5 Å². The normalized spacial score (nSPS) is 11.0. The molecule has 0 aliphatic heterocycles. The summed E-state index contributed by atoms with van der Waals surface area (Å²) in [5, 5.41) is 9.81. The van der Waals surface area contributed by atoms with Crippen molar-refractivity contribution >= 4 is 28.6 Å². The number of benzene rings is 2. The van der Waals surface area contributed by atoms with E-state index >= 15 is 0 Å². The highest BCUT2D eigenvalue weighted by molar-refractivity contribution is 6.31. The summed E-state index contributed by atoms with van der Waals surface area (Å²) >= 11 is 6.18. The number of nitrogens with zero attached hydrogens (tertiary/aromatic N) is 2. The quantitative estimate of drug-likeness (QED) is 0.793. The standard InChI is InChI=1S/C17H15ClN2O2/c1-10-3-4-12(7-14(10)18)9-20-11(2)19-15-8-13(17(21)22)5-6-16(15)20/h3-8H,9H2,1-2H3,(H,21,22). The van der Waals surface area contributed by atoms with Gasteiger partial charge in [0.1, 0.15) is 5.82 Å². The number of rotatable bonds is 3. The van der Waals surface area contributed by atoms with Crippen molar-refractivity contribution in [1.29, 1.82) is 0 Å². The number of carbonyl (C=O) groups is 1. The molecule has 1 aromatic heterocycles. The fraction of sp³-hybridized carbons (Fsp3) is 0.176. The first-order valence-electron chi connectivity index (χ1n) is 6.91. The van der Waals surface area contributed by atoms with Crippen LogP contribution in [-0.4, -0.2) is 20.6 Å². The molecule has 0 aliphatic rings. The first kappa shape index (κ1) is 14.6. The molecule has 0 saturated heterocycles. The van der Waals surface area contributed by atoms with Crippen LogP contribution < -0.4 is 0 Å². The fourth-order valence-corrected chi connectivity index (χ4v) is 2.70. The third-order valence-electron chi connectivity index (χ3n) is 3.76. The van der Waals surface area contributed by atoms with Crippen LogP contribution in [-0.2, 0) is 6.54 Å². The molecule has 0 fully saturated rings. The molecular weight excluding hydrogens is 300 g/mol. The highest BCUT2D eigenvalue weighted by atomic mass is 35.5. The van der Waals surface area contributed by atoms with Crippen LogP contribution in [0.1, 0.15) is 27.3 Å². The second-order valence-corrected chi connectivity index (χ2v) is 5.74. The molecule has 0 atom stereocenters. The van der Waals surface area contributed by atoms with Crippen LogP contribution in [0, 0.1) is 13.8 Å². The summed E-state index contributed by atoms with van der Waals surface area (Å²) in [6.45, 7) is 4.53. The van der Waals surface area contributed by atoms with Crippen molar-refractivity contribution in [3.8, 4) is 0 Å². The number of hydrogen-bond donors (Lipinski definition) is 1. The van der Waals surface area contributed by atoms with Crippen molar-refractivity contribution in [2.45, 2.75) is 20.4 Å². The fourth-order valence-electron chi connectivity index (χ4n) is 2.50. The number of aromatic carboxylic acids is 1. The van der Waals surface area contributed by atoms with Crippen LogP contribution in [0.25, 0.3) is 11.0 Å². The second kappa shape index (κ2) is 5.46.